The minimum atomic E-state index is -0.456. The molecule has 16 heavy (non-hydrogen) atoms. The van der Waals surface area contributed by atoms with Crippen LogP contribution in [0.2, 0.25) is 0 Å². The number of ether oxygens (including phenoxy) is 1. The van der Waals surface area contributed by atoms with Crippen LogP contribution >= 0.6 is 0 Å². The van der Waals surface area contributed by atoms with Gasteiger partial charge in [0.2, 0.25) is 5.88 Å². The summed E-state index contributed by atoms with van der Waals surface area (Å²) in [6.45, 7) is 0.330. The molecule has 4 nitrogen and oxygen atoms in total. The van der Waals surface area contributed by atoms with Crippen molar-refractivity contribution in [2.24, 2.45) is 5.73 Å². The van der Waals surface area contributed by atoms with Crippen LogP contribution in [0.4, 0.5) is 4.39 Å². The Bertz CT molecular complexity index is 476. The van der Waals surface area contributed by atoms with Gasteiger partial charge in [0.1, 0.15) is 0 Å². The summed E-state index contributed by atoms with van der Waals surface area (Å²) in [7, 11) is 0. The third-order valence-electron chi connectivity index (χ3n) is 1.99. The van der Waals surface area contributed by atoms with Crippen molar-refractivity contribution in [3.05, 3.63) is 48.2 Å². The van der Waals surface area contributed by atoms with Crippen molar-refractivity contribution in [2.45, 2.75) is 6.54 Å². The molecule has 1 heterocycles. The molecule has 0 aliphatic heterocycles. The van der Waals surface area contributed by atoms with Crippen LogP contribution in [0.25, 0.3) is 0 Å². The summed E-state index contributed by atoms with van der Waals surface area (Å²) in [6, 6.07) is 4.47. The lowest BCUT2D eigenvalue weighted by Gasteiger charge is -2.06. The average molecular weight is 219 g/mol. The summed E-state index contributed by atoms with van der Waals surface area (Å²) in [4.78, 5) is 7.71. The molecule has 1 aromatic carbocycles. The van der Waals surface area contributed by atoms with Crippen LogP contribution in [-0.4, -0.2) is 9.97 Å². The van der Waals surface area contributed by atoms with E-state index in [0.29, 0.717) is 6.54 Å². The summed E-state index contributed by atoms with van der Waals surface area (Å²) in [5, 5.41) is 0. The van der Waals surface area contributed by atoms with Crippen LogP contribution in [0.5, 0.6) is 11.6 Å². The van der Waals surface area contributed by atoms with E-state index in [4.69, 9.17) is 10.5 Å². The predicted molar refractivity (Wildman–Crippen MR) is 56.4 cm³/mol. The lowest BCUT2D eigenvalue weighted by Crippen LogP contribution is -1.98. The highest BCUT2D eigenvalue weighted by Gasteiger charge is 2.06. The highest BCUT2D eigenvalue weighted by atomic mass is 19.1. The van der Waals surface area contributed by atoms with Crippen LogP contribution in [0.1, 0.15) is 5.56 Å². The number of benzene rings is 1. The summed E-state index contributed by atoms with van der Waals surface area (Å²) < 4.78 is 18.6. The molecule has 0 aliphatic rings. The van der Waals surface area contributed by atoms with E-state index in [9.17, 15) is 4.39 Å². The molecular weight excluding hydrogens is 209 g/mol. The second-order valence-electron chi connectivity index (χ2n) is 3.11. The van der Waals surface area contributed by atoms with E-state index in [1.807, 2.05) is 0 Å². The Balaban J connectivity index is 2.27. The maximum Gasteiger partial charge on any atom is 0.237 e. The van der Waals surface area contributed by atoms with E-state index < -0.39 is 5.82 Å². The first kappa shape index (κ1) is 10.5. The van der Waals surface area contributed by atoms with Crippen molar-refractivity contribution in [1.29, 1.82) is 0 Å². The molecule has 0 aliphatic carbocycles. The van der Waals surface area contributed by atoms with Crippen LogP contribution in [0, 0.1) is 5.82 Å². The highest BCUT2D eigenvalue weighted by Crippen LogP contribution is 2.23. The number of hydrogen-bond acceptors (Lipinski definition) is 4. The quantitative estimate of drug-likeness (QED) is 0.855. The number of nitrogens with zero attached hydrogens (tertiary/aromatic N) is 2. The van der Waals surface area contributed by atoms with E-state index in [1.54, 1.807) is 12.1 Å². The first-order chi connectivity index (χ1) is 7.79. The molecule has 2 aromatic rings. The molecule has 1 aromatic heterocycles. The zero-order valence-electron chi connectivity index (χ0n) is 8.43. The summed E-state index contributed by atoms with van der Waals surface area (Å²) >= 11 is 0. The second-order valence-corrected chi connectivity index (χ2v) is 3.11. The van der Waals surface area contributed by atoms with Crippen molar-refractivity contribution < 1.29 is 9.13 Å². The lowest BCUT2D eigenvalue weighted by molar-refractivity contribution is 0.425. The van der Waals surface area contributed by atoms with Crippen molar-refractivity contribution in [3.8, 4) is 11.6 Å². The number of rotatable bonds is 3. The van der Waals surface area contributed by atoms with Gasteiger partial charge in [-0.3, -0.25) is 4.98 Å². The molecule has 82 valence electrons. The van der Waals surface area contributed by atoms with Crippen molar-refractivity contribution in [1.82, 2.24) is 9.97 Å². The van der Waals surface area contributed by atoms with Gasteiger partial charge in [0.15, 0.2) is 11.6 Å². The first-order valence-corrected chi connectivity index (χ1v) is 4.72. The average Bonchev–Trinajstić information content (AvgIpc) is 2.33. The maximum absolute atomic E-state index is 13.4. The second kappa shape index (κ2) is 4.67. The molecule has 2 N–H and O–H groups in total. The summed E-state index contributed by atoms with van der Waals surface area (Å²) in [6.07, 6.45) is 4.40. The maximum atomic E-state index is 13.4. The Morgan fingerprint density at radius 2 is 2.19 bits per heavy atom. The van der Waals surface area contributed by atoms with E-state index in [-0.39, 0.29) is 11.6 Å². The van der Waals surface area contributed by atoms with Gasteiger partial charge in [-0.1, -0.05) is 6.07 Å². The number of nitrogens with two attached hydrogens (primary N) is 1. The molecule has 0 fully saturated rings. The van der Waals surface area contributed by atoms with Crippen LogP contribution in [0.3, 0.4) is 0 Å². The monoisotopic (exact) mass is 219 g/mol. The Labute approximate surface area is 91.9 Å². The van der Waals surface area contributed by atoms with Crippen molar-refractivity contribution >= 4 is 0 Å². The van der Waals surface area contributed by atoms with Gasteiger partial charge in [-0.2, -0.15) is 0 Å². The normalized spacial score (nSPS) is 10.1. The molecule has 0 unspecified atom stereocenters. The molecule has 0 saturated carbocycles. The highest BCUT2D eigenvalue weighted by molar-refractivity contribution is 5.32. The molecule has 0 amide bonds. The van der Waals surface area contributed by atoms with Gasteiger partial charge in [-0.05, 0) is 17.7 Å². The van der Waals surface area contributed by atoms with E-state index in [2.05, 4.69) is 9.97 Å². The molecule has 0 saturated heterocycles. The van der Waals surface area contributed by atoms with E-state index >= 15 is 0 Å². The van der Waals surface area contributed by atoms with Gasteiger partial charge < -0.3 is 10.5 Å². The van der Waals surface area contributed by atoms with Gasteiger partial charge in [0.25, 0.3) is 0 Å². The molecule has 0 atom stereocenters. The molecule has 0 bridgehead atoms. The fraction of sp³-hybridized carbons (Fsp3) is 0.0909. The molecule has 0 radical (unpaired) electrons. The predicted octanol–water partition coefficient (Wildman–Crippen LogP) is 1.87. The minimum absolute atomic E-state index is 0.100. The van der Waals surface area contributed by atoms with Crippen molar-refractivity contribution in [2.75, 3.05) is 0 Å². The SMILES string of the molecule is NCc1ccc(F)c(Oc2cnccn2)c1. The van der Waals surface area contributed by atoms with Crippen LogP contribution in [0.15, 0.2) is 36.8 Å². The van der Waals surface area contributed by atoms with E-state index in [0.717, 1.165) is 5.56 Å². The van der Waals surface area contributed by atoms with Gasteiger partial charge >= 0.3 is 0 Å². The summed E-state index contributed by atoms with van der Waals surface area (Å²) in [5.41, 5.74) is 6.25. The molecule has 2 rings (SSSR count). The third kappa shape index (κ3) is 2.32. The zero-order chi connectivity index (χ0) is 11.4. The van der Waals surface area contributed by atoms with Crippen LogP contribution < -0.4 is 10.5 Å². The van der Waals surface area contributed by atoms with Gasteiger partial charge in [-0.15, -0.1) is 0 Å². The van der Waals surface area contributed by atoms with Crippen molar-refractivity contribution in [3.63, 3.8) is 0 Å². The Hall–Kier alpha value is -2.01. The fourth-order valence-electron chi connectivity index (χ4n) is 1.20. The Morgan fingerprint density at radius 1 is 1.31 bits per heavy atom. The Kier molecular flexibility index (Phi) is 3.07. The topological polar surface area (TPSA) is 61.0 Å². The number of hydrogen-bond donors (Lipinski definition) is 1. The van der Waals surface area contributed by atoms with Gasteiger partial charge in [0, 0.05) is 18.9 Å². The molecule has 5 heteroatoms. The third-order valence-corrected chi connectivity index (χ3v) is 1.99. The molecular formula is C11H10FN3O. The minimum Gasteiger partial charge on any atom is -0.434 e. The van der Waals surface area contributed by atoms with Crippen LogP contribution in [-0.2, 0) is 6.54 Å². The fourth-order valence-corrected chi connectivity index (χ4v) is 1.20. The Morgan fingerprint density at radius 3 is 2.88 bits per heavy atom. The zero-order valence-corrected chi connectivity index (χ0v) is 8.43. The van der Waals surface area contributed by atoms with Gasteiger partial charge in [-0.25, -0.2) is 9.37 Å². The largest absolute Gasteiger partial charge is 0.434 e. The first-order valence-electron chi connectivity index (χ1n) is 4.72. The molecule has 0 spiro atoms. The van der Waals surface area contributed by atoms with E-state index in [1.165, 1.54) is 24.7 Å². The van der Waals surface area contributed by atoms with Gasteiger partial charge in [0.05, 0.1) is 6.20 Å². The summed E-state index contributed by atoms with van der Waals surface area (Å²) in [5.74, 6) is -0.109. The number of aromatic nitrogens is 2. The smallest absolute Gasteiger partial charge is 0.237 e. The lowest BCUT2D eigenvalue weighted by atomic mass is 10.2. The number of halogens is 1. The standard InChI is InChI=1S/C11H10FN3O/c12-9-2-1-8(6-13)5-10(9)16-11-7-14-3-4-15-11/h1-5,7H,6,13H2.